The maximum absolute atomic E-state index is 12.8. The third-order valence-electron chi connectivity index (χ3n) is 5.18. The van der Waals surface area contributed by atoms with Gasteiger partial charge in [0.25, 0.3) is 0 Å². The van der Waals surface area contributed by atoms with E-state index < -0.39 is 17.6 Å². The zero-order chi connectivity index (χ0) is 18.2. The van der Waals surface area contributed by atoms with E-state index in [0.29, 0.717) is 6.61 Å². The van der Waals surface area contributed by atoms with Crippen molar-refractivity contribution in [1.82, 2.24) is 5.06 Å². The number of carbonyl (C=O) groups is 2. The largest absolute Gasteiger partial charge is 0.466 e. The first-order chi connectivity index (χ1) is 12.0. The summed E-state index contributed by atoms with van der Waals surface area (Å²) in [5, 5.41) is 1.73. The molecule has 0 bridgehead atoms. The molecule has 6 heteroatoms. The third-order valence-corrected chi connectivity index (χ3v) is 5.18. The number of rotatable bonds is 5. The molecule has 0 N–H and O–H groups in total. The number of benzene rings is 1. The normalized spacial score (nSPS) is 36.2. The van der Waals surface area contributed by atoms with E-state index in [-0.39, 0.29) is 30.5 Å². The van der Waals surface area contributed by atoms with Gasteiger partial charge in [0.05, 0.1) is 19.1 Å². The van der Waals surface area contributed by atoms with Crippen molar-refractivity contribution in [2.75, 3.05) is 13.2 Å². The topological polar surface area (TPSA) is 68.1 Å². The molecule has 2 heterocycles. The second-order valence-electron chi connectivity index (χ2n) is 6.66. The van der Waals surface area contributed by atoms with Crippen molar-refractivity contribution in [1.29, 1.82) is 0 Å². The highest BCUT2D eigenvalue weighted by atomic mass is 16.9. The average molecular weight is 347 g/mol. The Bertz CT molecular complexity index is 648. The first-order valence-electron chi connectivity index (χ1n) is 8.82. The molecule has 0 amide bonds. The molecule has 25 heavy (non-hydrogen) atoms. The molecule has 0 spiro atoms. The molecule has 6 nitrogen and oxygen atoms in total. The number of fused-ring (bicyclic) bond motifs is 1. The number of hydroxylamine groups is 2. The summed E-state index contributed by atoms with van der Waals surface area (Å²) in [6.07, 6.45) is 0. The lowest BCUT2D eigenvalue weighted by molar-refractivity contribution is -0.160. The number of ether oxygens (including phenoxy) is 2. The lowest BCUT2D eigenvalue weighted by Crippen LogP contribution is -2.53. The van der Waals surface area contributed by atoms with E-state index in [4.69, 9.17) is 14.3 Å². The average Bonchev–Trinajstić information content (AvgIpc) is 3.28. The van der Waals surface area contributed by atoms with Gasteiger partial charge in [0.15, 0.2) is 5.72 Å². The lowest BCUT2D eigenvalue weighted by atomic mass is 9.68. The number of piperidine rings is 1. The van der Waals surface area contributed by atoms with E-state index in [9.17, 15) is 9.59 Å². The summed E-state index contributed by atoms with van der Waals surface area (Å²) in [4.78, 5) is 31.3. The first kappa shape index (κ1) is 17.9. The van der Waals surface area contributed by atoms with Gasteiger partial charge in [-0.3, -0.25) is 14.4 Å². The Morgan fingerprint density at radius 3 is 2.32 bits per heavy atom. The van der Waals surface area contributed by atoms with Gasteiger partial charge in [0.2, 0.25) is 0 Å². The van der Waals surface area contributed by atoms with Gasteiger partial charge in [0.1, 0.15) is 5.92 Å². The zero-order valence-electron chi connectivity index (χ0n) is 15.1. The van der Waals surface area contributed by atoms with Crippen LogP contribution in [0.15, 0.2) is 30.3 Å². The molecule has 1 aromatic rings. The second-order valence-corrected chi connectivity index (χ2v) is 6.66. The first-order valence-corrected chi connectivity index (χ1v) is 8.82. The molecule has 2 saturated heterocycles. The molecule has 2 aliphatic heterocycles. The van der Waals surface area contributed by atoms with Crippen LogP contribution in [0.2, 0.25) is 0 Å². The minimum atomic E-state index is -0.755. The van der Waals surface area contributed by atoms with Crippen molar-refractivity contribution in [2.24, 2.45) is 11.8 Å². The highest BCUT2D eigenvalue weighted by molar-refractivity contribution is 5.81. The molecule has 2 fully saturated rings. The fraction of sp³-hybridized carbons (Fsp3) is 0.579. The Hall–Kier alpha value is -1.92. The summed E-state index contributed by atoms with van der Waals surface area (Å²) in [5.41, 5.74) is 0.164. The lowest BCUT2D eigenvalue weighted by Gasteiger charge is -2.40. The van der Waals surface area contributed by atoms with E-state index >= 15 is 0 Å². The van der Waals surface area contributed by atoms with E-state index in [1.807, 2.05) is 44.2 Å². The molecule has 2 aliphatic rings. The Morgan fingerprint density at radius 2 is 1.72 bits per heavy atom. The van der Waals surface area contributed by atoms with Crippen molar-refractivity contribution < 1.29 is 23.9 Å². The highest BCUT2D eigenvalue weighted by Gasteiger charge is 2.71. The molecule has 1 aromatic carbocycles. The number of nitrogens with zero attached hydrogens (tertiary/aromatic N) is 1. The predicted octanol–water partition coefficient (Wildman–Crippen LogP) is 2.49. The van der Waals surface area contributed by atoms with E-state index in [1.165, 1.54) is 0 Å². The molecule has 3 rings (SSSR count). The van der Waals surface area contributed by atoms with Crippen LogP contribution in [0.5, 0.6) is 0 Å². The predicted molar refractivity (Wildman–Crippen MR) is 90.2 cm³/mol. The van der Waals surface area contributed by atoms with Crippen LogP contribution in [-0.2, 0) is 23.9 Å². The molecule has 0 aromatic heterocycles. The van der Waals surface area contributed by atoms with Crippen LogP contribution in [-0.4, -0.2) is 42.0 Å². The van der Waals surface area contributed by atoms with Crippen molar-refractivity contribution in [3.05, 3.63) is 35.9 Å². The SMILES string of the molecule is CCOC(=O)C1C(c2ccccc2)C(C(=O)OCC)C2(C)ON2C1C. The van der Waals surface area contributed by atoms with E-state index in [1.54, 1.807) is 18.9 Å². The summed E-state index contributed by atoms with van der Waals surface area (Å²) >= 11 is 0. The summed E-state index contributed by atoms with van der Waals surface area (Å²) in [5.74, 6) is -2.12. The number of hydrogen-bond acceptors (Lipinski definition) is 6. The molecule has 0 aliphatic carbocycles. The van der Waals surface area contributed by atoms with Crippen LogP contribution in [0.1, 0.15) is 39.2 Å². The zero-order valence-corrected chi connectivity index (χ0v) is 15.1. The van der Waals surface area contributed by atoms with Gasteiger partial charge in [-0.05, 0) is 33.3 Å². The Morgan fingerprint density at radius 1 is 1.12 bits per heavy atom. The summed E-state index contributed by atoms with van der Waals surface area (Å²) < 4.78 is 10.6. The third kappa shape index (κ3) is 2.93. The maximum atomic E-state index is 12.8. The molecular formula is C19H25NO5. The van der Waals surface area contributed by atoms with Crippen molar-refractivity contribution >= 4 is 11.9 Å². The van der Waals surface area contributed by atoms with Gasteiger partial charge >= 0.3 is 11.9 Å². The molecule has 6 unspecified atom stereocenters. The van der Waals surface area contributed by atoms with Crippen molar-refractivity contribution in [3.63, 3.8) is 0 Å². The number of hydrogen-bond donors (Lipinski definition) is 0. The molecule has 6 atom stereocenters. The summed E-state index contributed by atoms with van der Waals surface area (Å²) in [7, 11) is 0. The summed E-state index contributed by atoms with van der Waals surface area (Å²) in [6, 6.07) is 9.42. The van der Waals surface area contributed by atoms with Gasteiger partial charge in [0, 0.05) is 12.0 Å². The highest BCUT2D eigenvalue weighted by Crippen LogP contribution is 2.58. The molecule has 0 saturated carbocycles. The van der Waals surface area contributed by atoms with Gasteiger partial charge in [-0.2, -0.15) is 0 Å². The Balaban J connectivity index is 2.07. The number of esters is 2. The minimum Gasteiger partial charge on any atom is -0.466 e. The van der Waals surface area contributed by atoms with Crippen molar-refractivity contribution in [2.45, 2.75) is 45.4 Å². The second kappa shape index (κ2) is 6.77. The molecular weight excluding hydrogens is 322 g/mol. The van der Waals surface area contributed by atoms with Gasteiger partial charge in [-0.1, -0.05) is 30.3 Å². The quantitative estimate of drug-likeness (QED) is 0.602. The fourth-order valence-electron chi connectivity index (χ4n) is 4.10. The van der Waals surface area contributed by atoms with Crippen LogP contribution < -0.4 is 0 Å². The monoisotopic (exact) mass is 347 g/mol. The van der Waals surface area contributed by atoms with Gasteiger partial charge < -0.3 is 9.47 Å². The van der Waals surface area contributed by atoms with E-state index in [2.05, 4.69) is 0 Å². The van der Waals surface area contributed by atoms with Gasteiger partial charge in [-0.15, -0.1) is 5.06 Å². The van der Waals surface area contributed by atoms with Gasteiger partial charge in [-0.25, -0.2) is 0 Å². The van der Waals surface area contributed by atoms with Crippen LogP contribution >= 0.6 is 0 Å². The van der Waals surface area contributed by atoms with Crippen LogP contribution in [0.25, 0.3) is 0 Å². The smallest absolute Gasteiger partial charge is 0.314 e. The number of carbonyl (C=O) groups excluding carboxylic acids is 2. The van der Waals surface area contributed by atoms with Crippen molar-refractivity contribution in [3.8, 4) is 0 Å². The van der Waals surface area contributed by atoms with E-state index in [0.717, 1.165) is 5.56 Å². The standard InChI is InChI=1S/C19H25NO5/c1-5-23-17(21)14-12(3)20-19(4,25-20)16(18(22)24-6-2)15(14)13-10-8-7-9-11-13/h7-12,14-16H,5-6H2,1-4H3. The summed E-state index contributed by atoms with van der Waals surface area (Å²) in [6.45, 7) is 7.95. The van der Waals surface area contributed by atoms with Crippen LogP contribution in [0.4, 0.5) is 0 Å². The molecule has 0 radical (unpaired) electrons. The van der Waals surface area contributed by atoms with Crippen LogP contribution in [0, 0.1) is 11.8 Å². The molecule has 136 valence electrons. The Kier molecular flexibility index (Phi) is 4.84. The van der Waals surface area contributed by atoms with Crippen LogP contribution in [0.3, 0.4) is 0 Å². The maximum Gasteiger partial charge on any atom is 0.314 e. The fourth-order valence-corrected chi connectivity index (χ4v) is 4.10. The Labute approximate surface area is 148 Å². The minimum absolute atomic E-state index is 0.195.